The Bertz CT molecular complexity index is 559. The fraction of sp³-hybridized carbons (Fsp3) is 0.400. The summed E-state index contributed by atoms with van der Waals surface area (Å²) in [5, 5.41) is 9.72. The number of hydrogen-bond donors (Lipinski definition) is 1. The van der Waals surface area contributed by atoms with Crippen molar-refractivity contribution in [1.82, 2.24) is 9.55 Å². The molecule has 1 aliphatic rings. The molecular weight excluding hydrogens is 240 g/mol. The summed E-state index contributed by atoms with van der Waals surface area (Å²) in [4.78, 5) is 4.19. The summed E-state index contributed by atoms with van der Waals surface area (Å²) >= 11 is 0. The third kappa shape index (κ3) is 2.63. The molecule has 1 atom stereocenters. The molecule has 1 aromatic carbocycles. The van der Waals surface area contributed by atoms with Gasteiger partial charge in [0.2, 0.25) is 0 Å². The minimum Gasteiger partial charge on any atom is -0.487 e. The monoisotopic (exact) mass is 258 g/mol. The molecule has 4 heteroatoms. The van der Waals surface area contributed by atoms with E-state index < -0.39 is 6.10 Å². The number of aliphatic hydroxyl groups is 1. The molecule has 1 aliphatic carbocycles. The van der Waals surface area contributed by atoms with Gasteiger partial charge in [-0.25, -0.2) is 4.98 Å². The van der Waals surface area contributed by atoms with Crippen LogP contribution in [0.1, 0.15) is 43.2 Å². The maximum atomic E-state index is 9.72. The molecule has 0 radical (unpaired) electrons. The van der Waals surface area contributed by atoms with Gasteiger partial charge in [0, 0.05) is 11.6 Å². The quantitative estimate of drug-likeness (QED) is 0.897. The second-order valence-corrected chi connectivity index (χ2v) is 5.03. The third-order valence-electron chi connectivity index (χ3n) is 3.43. The van der Waals surface area contributed by atoms with Crippen molar-refractivity contribution in [3.05, 3.63) is 48.0 Å². The van der Waals surface area contributed by atoms with Gasteiger partial charge in [-0.3, -0.25) is 0 Å². The van der Waals surface area contributed by atoms with E-state index in [2.05, 4.69) is 9.55 Å². The standard InChI is InChI=1S/C15H18N2O2/c1-11(18)14-4-2-3-5-15(14)19-9-13-8-16-10-17(13)12-6-7-12/h2-5,8,10-12,18H,6-7,9H2,1H3/t11-/m0/s1. The topological polar surface area (TPSA) is 47.3 Å². The van der Waals surface area contributed by atoms with Crippen LogP contribution in [0.4, 0.5) is 0 Å². The highest BCUT2D eigenvalue weighted by Crippen LogP contribution is 2.36. The smallest absolute Gasteiger partial charge is 0.130 e. The van der Waals surface area contributed by atoms with E-state index in [0.29, 0.717) is 12.6 Å². The summed E-state index contributed by atoms with van der Waals surface area (Å²) in [5.41, 5.74) is 1.91. The molecule has 1 N–H and O–H groups in total. The third-order valence-corrected chi connectivity index (χ3v) is 3.43. The van der Waals surface area contributed by atoms with Crippen LogP contribution in [0.15, 0.2) is 36.8 Å². The molecule has 2 aromatic rings. The molecule has 0 amide bonds. The number of ether oxygens (including phenoxy) is 1. The molecule has 1 heterocycles. The highest BCUT2D eigenvalue weighted by molar-refractivity contribution is 5.34. The Labute approximate surface area is 112 Å². The molecule has 0 bridgehead atoms. The molecule has 0 unspecified atom stereocenters. The summed E-state index contributed by atoms with van der Waals surface area (Å²) in [6.45, 7) is 2.23. The summed E-state index contributed by atoms with van der Waals surface area (Å²) in [7, 11) is 0. The molecule has 1 fully saturated rings. The van der Waals surface area contributed by atoms with Gasteiger partial charge < -0.3 is 14.4 Å². The molecule has 0 aliphatic heterocycles. The van der Waals surface area contributed by atoms with Crippen LogP contribution in [-0.2, 0) is 6.61 Å². The van der Waals surface area contributed by atoms with Gasteiger partial charge in [0.1, 0.15) is 12.4 Å². The van der Waals surface area contributed by atoms with Crippen molar-refractivity contribution in [1.29, 1.82) is 0 Å². The van der Waals surface area contributed by atoms with E-state index in [1.54, 1.807) is 6.92 Å². The maximum absolute atomic E-state index is 9.72. The molecular formula is C15H18N2O2. The summed E-state index contributed by atoms with van der Waals surface area (Å²) in [5.74, 6) is 0.737. The fourth-order valence-corrected chi connectivity index (χ4v) is 2.23. The van der Waals surface area contributed by atoms with Crippen LogP contribution >= 0.6 is 0 Å². The Morgan fingerprint density at radius 3 is 2.95 bits per heavy atom. The molecule has 19 heavy (non-hydrogen) atoms. The van der Waals surface area contributed by atoms with E-state index in [9.17, 15) is 5.11 Å². The fourth-order valence-electron chi connectivity index (χ4n) is 2.23. The lowest BCUT2D eigenvalue weighted by Gasteiger charge is -2.14. The van der Waals surface area contributed by atoms with E-state index >= 15 is 0 Å². The first-order chi connectivity index (χ1) is 9.25. The molecule has 3 rings (SSSR count). The number of para-hydroxylation sites is 1. The largest absolute Gasteiger partial charge is 0.487 e. The van der Waals surface area contributed by atoms with Crippen molar-refractivity contribution >= 4 is 0 Å². The van der Waals surface area contributed by atoms with Crippen LogP contribution < -0.4 is 4.74 Å². The van der Waals surface area contributed by atoms with Gasteiger partial charge in [-0.1, -0.05) is 18.2 Å². The van der Waals surface area contributed by atoms with Crippen LogP contribution in [-0.4, -0.2) is 14.7 Å². The van der Waals surface area contributed by atoms with Crippen molar-refractivity contribution in [2.24, 2.45) is 0 Å². The molecule has 0 saturated heterocycles. The first kappa shape index (κ1) is 12.2. The predicted octanol–water partition coefficient (Wildman–Crippen LogP) is 2.85. The Morgan fingerprint density at radius 1 is 1.42 bits per heavy atom. The van der Waals surface area contributed by atoms with Crippen LogP contribution in [0.25, 0.3) is 0 Å². The number of aromatic nitrogens is 2. The molecule has 1 saturated carbocycles. The number of imidazole rings is 1. The number of benzene rings is 1. The minimum atomic E-state index is -0.524. The summed E-state index contributed by atoms with van der Waals surface area (Å²) in [6.07, 6.45) is 5.66. The molecule has 1 aromatic heterocycles. The van der Waals surface area contributed by atoms with Crippen molar-refractivity contribution in [2.45, 2.75) is 38.5 Å². The van der Waals surface area contributed by atoms with Crippen LogP contribution in [0.3, 0.4) is 0 Å². The Balaban J connectivity index is 1.73. The number of aliphatic hydroxyl groups excluding tert-OH is 1. The summed E-state index contributed by atoms with van der Waals surface area (Å²) < 4.78 is 8.03. The highest BCUT2D eigenvalue weighted by Gasteiger charge is 2.25. The SMILES string of the molecule is C[C@H](O)c1ccccc1OCc1cncn1C1CC1. The Morgan fingerprint density at radius 2 is 2.21 bits per heavy atom. The Hall–Kier alpha value is -1.81. The van der Waals surface area contributed by atoms with Gasteiger partial charge in [-0.05, 0) is 25.8 Å². The van der Waals surface area contributed by atoms with E-state index in [4.69, 9.17) is 4.74 Å². The molecule has 100 valence electrons. The second kappa shape index (κ2) is 5.05. The van der Waals surface area contributed by atoms with E-state index in [0.717, 1.165) is 17.0 Å². The van der Waals surface area contributed by atoms with Gasteiger partial charge in [0.15, 0.2) is 0 Å². The second-order valence-electron chi connectivity index (χ2n) is 5.03. The zero-order chi connectivity index (χ0) is 13.2. The van der Waals surface area contributed by atoms with E-state index in [1.165, 1.54) is 12.8 Å². The lowest BCUT2D eigenvalue weighted by molar-refractivity contribution is 0.189. The normalized spacial score (nSPS) is 16.3. The van der Waals surface area contributed by atoms with Crippen molar-refractivity contribution in [3.63, 3.8) is 0 Å². The predicted molar refractivity (Wildman–Crippen MR) is 71.9 cm³/mol. The van der Waals surface area contributed by atoms with Gasteiger partial charge in [-0.15, -0.1) is 0 Å². The summed E-state index contributed by atoms with van der Waals surface area (Å²) in [6, 6.07) is 8.20. The lowest BCUT2D eigenvalue weighted by atomic mass is 10.1. The first-order valence-electron chi connectivity index (χ1n) is 6.66. The minimum absolute atomic E-state index is 0.486. The number of rotatable bonds is 5. The van der Waals surface area contributed by atoms with Gasteiger partial charge in [0.25, 0.3) is 0 Å². The van der Waals surface area contributed by atoms with Gasteiger partial charge in [0.05, 0.1) is 24.3 Å². The zero-order valence-corrected chi connectivity index (χ0v) is 11.0. The van der Waals surface area contributed by atoms with Crippen LogP contribution in [0.5, 0.6) is 5.75 Å². The maximum Gasteiger partial charge on any atom is 0.130 e. The highest BCUT2D eigenvalue weighted by atomic mass is 16.5. The molecule has 4 nitrogen and oxygen atoms in total. The average Bonchev–Trinajstić information content (AvgIpc) is 3.15. The number of nitrogens with zero attached hydrogens (tertiary/aromatic N) is 2. The number of hydrogen-bond acceptors (Lipinski definition) is 3. The first-order valence-corrected chi connectivity index (χ1v) is 6.66. The van der Waals surface area contributed by atoms with E-state index in [1.807, 2.05) is 36.8 Å². The Kier molecular flexibility index (Phi) is 3.25. The van der Waals surface area contributed by atoms with Crippen LogP contribution in [0.2, 0.25) is 0 Å². The van der Waals surface area contributed by atoms with Crippen LogP contribution in [0, 0.1) is 0 Å². The van der Waals surface area contributed by atoms with Gasteiger partial charge >= 0.3 is 0 Å². The van der Waals surface area contributed by atoms with Crippen molar-refractivity contribution in [3.8, 4) is 5.75 Å². The lowest BCUT2D eigenvalue weighted by Crippen LogP contribution is -2.05. The van der Waals surface area contributed by atoms with Crippen molar-refractivity contribution < 1.29 is 9.84 Å². The average molecular weight is 258 g/mol. The van der Waals surface area contributed by atoms with Gasteiger partial charge in [-0.2, -0.15) is 0 Å². The van der Waals surface area contributed by atoms with Crippen molar-refractivity contribution in [2.75, 3.05) is 0 Å². The molecule has 0 spiro atoms. The zero-order valence-electron chi connectivity index (χ0n) is 11.0. The van der Waals surface area contributed by atoms with E-state index in [-0.39, 0.29) is 0 Å².